The molecule has 2 heterocycles. The van der Waals surface area contributed by atoms with Gasteiger partial charge < -0.3 is 14.8 Å². The zero-order chi connectivity index (χ0) is 14.5. The Morgan fingerprint density at radius 3 is 2.95 bits per heavy atom. The molecule has 0 radical (unpaired) electrons. The molecule has 7 heteroatoms. The van der Waals surface area contributed by atoms with Crippen LogP contribution in [0.4, 0.5) is 0 Å². The number of thioether (sulfide) groups is 1. The van der Waals surface area contributed by atoms with Crippen LogP contribution in [0.1, 0.15) is 11.3 Å². The molecule has 2 rings (SSSR count). The number of rotatable bonds is 6. The number of carboxylic acid groups (broad SMARTS) is 1. The van der Waals surface area contributed by atoms with Crippen molar-refractivity contribution in [1.29, 1.82) is 0 Å². The van der Waals surface area contributed by atoms with E-state index in [1.54, 1.807) is 0 Å². The van der Waals surface area contributed by atoms with E-state index < -0.39 is 5.97 Å². The molecule has 0 unspecified atom stereocenters. The minimum Gasteiger partial charge on any atom is -0.480 e. The molecule has 0 bridgehead atoms. The van der Waals surface area contributed by atoms with Gasteiger partial charge in [-0.1, -0.05) is 6.07 Å². The number of hydrogen-bond donors (Lipinski definition) is 2. The SMILES string of the molecule is Cc1ccc2nc(CSCC(=O)NCC(=O)O)cn2c1. The summed E-state index contributed by atoms with van der Waals surface area (Å²) in [5, 5.41) is 10.8. The van der Waals surface area contributed by atoms with E-state index >= 15 is 0 Å². The van der Waals surface area contributed by atoms with Gasteiger partial charge in [-0.2, -0.15) is 0 Å². The molecule has 0 atom stereocenters. The van der Waals surface area contributed by atoms with Crippen LogP contribution in [0.15, 0.2) is 24.5 Å². The van der Waals surface area contributed by atoms with Crippen molar-refractivity contribution >= 4 is 29.3 Å². The second-order valence-electron chi connectivity index (χ2n) is 4.37. The highest BCUT2D eigenvalue weighted by atomic mass is 32.2. The van der Waals surface area contributed by atoms with E-state index in [2.05, 4.69) is 10.3 Å². The first-order valence-electron chi connectivity index (χ1n) is 6.05. The number of carboxylic acids is 1. The Morgan fingerprint density at radius 1 is 1.40 bits per heavy atom. The predicted molar refractivity (Wildman–Crippen MR) is 76.7 cm³/mol. The molecule has 0 spiro atoms. The maximum absolute atomic E-state index is 11.3. The molecule has 0 fully saturated rings. The largest absolute Gasteiger partial charge is 0.480 e. The standard InChI is InChI=1S/C13H15N3O3S/c1-9-2-3-11-15-10(6-16(11)5-9)7-20-8-12(17)14-4-13(18)19/h2-3,5-6H,4,7-8H2,1H3,(H,14,17)(H,18,19). The zero-order valence-electron chi connectivity index (χ0n) is 11.0. The zero-order valence-corrected chi connectivity index (χ0v) is 11.8. The molecular formula is C13H15N3O3S. The summed E-state index contributed by atoms with van der Waals surface area (Å²) in [6, 6.07) is 3.95. The number of nitrogens with one attached hydrogen (secondary N) is 1. The topological polar surface area (TPSA) is 83.7 Å². The summed E-state index contributed by atoms with van der Waals surface area (Å²) in [7, 11) is 0. The van der Waals surface area contributed by atoms with Crippen molar-refractivity contribution in [2.24, 2.45) is 0 Å². The van der Waals surface area contributed by atoms with Crippen LogP contribution in [0.25, 0.3) is 5.65 Å². The normalized spacial score (nSPS) is 10.7. The van der Waals surface area contributed by atoms with Crippen LogP contribution in [-0.2, 0) is 15.3 Å². The Morgan fingerprint density at radius 2 is 2.20 bits per heavy atom. The highest BCUT2D eigenvalue weighted by Crippen LogP contribution is 2.13. The third-order valence-electron chi connectivity index (χ3n) is 2.57. The first kappa shape index (κ1) is 14.4. The number of aryl methyl sites for hydroxylation is 1. The predicted octanol–water partition coefficient (Wildman–Crippen LogP) is 1.08. The van der Waals surface area contributed by atoms with Gasteiger partial charge >= 0.3 is 5.97 Å². The van der Waals surface area contributed by atoms with Gasteiger partial charge in [-0.25, -0.2) is 4.98 Å². The average Bonchev–Trinajstić information content (AvgIpc) is 2.78. The number of fused-ring (bicyclic) bond motifs is 1. The molecular weight excluding hydrogens is 278 g/mol. The van der Waals surface area contributed by atoms with Crippen molar-refractivity contribution in [3.63, 3.8) is 0 Å². The van der Waals surface area contributed by atoms with Crippen molar-refractivity contribution in [2.45, 2.75) is 12.7 Å². The molecule has 0 saturated heterocycles. The third-order valence-corrected chi connectivity index (χ3v) is 3.53. The second-order valence-corrected chi connectivity index (χ2v) is 5.35. The quantitative estimate of drug-likeness (QED) is 0.832. The van der Waals surface area contributed by atoms with Crippen LogP contribution >= 0.6 is 11.8 Å². The molecule has 0 aromatic carbocycles. The smallest absolute Gasteiger partial charge is 0.322 e. The number of nitrogens with zero attached hydrogens (tertiary/aromatic N) is 2. The lowest BCUT2D eigenvalue weighted by atomic mass is 10.3. The van der Waals surface area contributed by atoms with E-state index in [1.165, 1.54) is 11.8 Å². The fourth-order valence-electron chi connectivity index (χ4n) is 1.70. The van der Waals surface area contributed by atoms with Crippen LogP contribution in [0.5, 0.6) is 0 Å². The van der Waals surface area contributed by atoms with Crippen LogP contribution in [0.2, 0.25) is 0 Å². The first-order valence-corrected chi connectivity index (χ1v) is 7.20. The average molecular weight is 293 g/mol. The van der Waals surface area contributed by atoms with Crippen LogP contribution in [-0.4, -0.2) is 38.7 Å². The summed E-state index contributed by atoms with van der Waals surface area (Å²) in [6.07, 6.45) is 3.93. The van der Waals surface area contributed by atoms with E-state index in [4.69, 9.17) is 5.11 Å². The van der Waals surface area contributed by atoms with Gasteiger partial charge in [-0.3, -0.25) is 9.59 Å². The van der Waals surface area contributed by atoms with E-state index in [1.807, 2.05) is 35.9 Å². The molecule has 1 amide bonds. The Hall–Kier alpha value is -2.02. The van der Waals surface area contributed by atoms with Crippen molar-refractivity contribution in [3.8, 4) is 0 Å². The minimum absolute atomic E-state index is 0.222. The maximum atomic E-state index is 11.3. The molecule has 20 heavy (non-hydrogen) atoms. The molecule has 2 aromatic heterocycles. The van der Waals surface area contributed by atoms with E-state index in [0.717, 1.165) is 16.9 Å². The lowest BCUT2D eigenvalue weighted by Crippen LogP contribution is -2.30. The highest BCUT2D eigenvalue weighted by Gasteiger charge is 2.06. The van der Waals surface area contributed by atoms with Gasteiger partial charge in [-0.15, -0.1) is 11.8 Å². The number of carbonyl (C=O) groups excluding carboxylic acids is 1. The van der Waals surface area contributed by atoms with Gasteiger partial charge in [0.25, 0.3) is 0 Å². The van der Waals surface area contributed by atoms with Crippen molar-refractivity contribution in [3.05, 3.63) is 35.8 Å². The molecule has 0 aliphatic heterocycles. The highest BCUT2D eigenvalue weighted by molar-refractivity contribution is 7.99. The van der Waals surface area contributed by atoms with E-state index in [9.17, 15) is 9.59 Å². The van der Waals surface area contributed by atoms with E-state index in [-0.39, 0.29) is 18.2 Å². The van der Waals surface area contributed by atoms with Gasteiger partial charge in [0.2, 0.25) is 5.91 Å². The second kappa shape index (κ2) is 6.42. The summed E-state index contributed by atoms with van der Waals surface area (Å²) in [4.78, 5) is 26.1. The van der Waals surface area contributed by atoms with Crippen LogP contribution in [0.3, 0.4) is 0 Å². The maximum Gasteiger partial charge on any atom is 0.322 e. The van der Waals surface area contributed by atoms with Crippen molar-refractivity contribution in [2.75, 3.05) is 12.3 Å². The Balaban J connectivity index is 1.83. The molecule has 106 valence electrons. The van der Waals surface area contributed by atoms with E-state index in [0.29, 0.717) is 5.75 Å². The summed E-state index contributed by atoms with van der Waals surface area (Å²) in [5.74, 6) is -0.488. The first-order chi connectivity index (χ1) is 9.54. The molecule has 0 aliphatic rings. The van der Waals surface area contributed by atoms with Gasteiger partial charge in [0.15, 0.2) is 0 Å². The Labute approximate surface area is 120 Å². The Bertz CT molecular complexity index is 639. The number of amides is 1. The number of aromatic nitrogens is 2. The lowest BCUT2D eigenvalue weighted by Gasteiger charge is -2.00. The van der Waals surface area contributed by atoms with Gasteiger partial charge in [0.05, 0.1) is 11.4 Å². The van der Waals surface area contributed by atoms with Crippen LogP contribution in [0, 0.1) is 6.92 Å². The molecule has 0 aliphatic carbocycles. The monoisotopic (exact) mass is 293 g/mol. The lowest BCUT2D eigenvalue weighted by molar-refractivity contribution is -0.137. The summed E-state index contributed by atoms with van der Waals surface area (Å²) in [5.41, 5.74) is 2.93. The Kier molecular flexibility index (Phi) is 4.62. The van der Waals surface area contributed by atoms with Crippen LogP contribution < -0.4 is 5.32 Å². The third kappa shape index (κ3) is 3.99. The number of pyridine rings is 1. The molecule has 0 saturated carbocycles. The molecule has 6 nitrogen and oxygen atoms in total. The number of hydrogen-bond acceptors (Lipinski definition) is 4. The van der Waals surface area contributed by atoms with Crippen molar-refractivity contribution < 1.29 is 14.7 Å². The number of aliphatic carboxylic acids is 1. The molecule has 2 aromatic rings. The summed E-state index contributed by atoms with van der Waals surface area (Å²) >= 11 is 1.40. The molecule has 2 N–H and O–H groups in total. The minimum atomic E-state index is -1.04. The fraction of sp³-hybridized carbons (Fsp3) is 0.308. The van der Waals surface area contributed by atoms with Gasteiger partial charge in [0, 0.05) is 18.1 Å². The summed E-state index contributed by atoms with van der Waals surface area (Å²) in [6.45, 7) is 1.67. The fourth-order valence-corrected chi connectivity index (χ4v) is 2.44. The van der Waals surface area contributed by atoms with Gasteiger partial charge in [0.1, 0.15) is 12.2 Å². The van der Waals surface area contributed by atoms with Crippen molar-refractivity contribution in [1.82, 2.24) is 14.7 Å². The number of imidazole rings is 1. The summed E-state index contributed by atoms with van der Waals surface area (Å²) < 4.78 is 1.95. The number of carbonyl (C=O) groups is 2. The van der Waals surface area contributed by atoms with Gasteiger partial charge in [-0.05, 0) is 18.6 Å².